The lowest BCUT2D eigenvalue weighted by atomic mass is 10.0. The van der Waals surface area contributed by atoms with Gasteiger partial charge >= 0.3 is 0 Å². The second-order valence-electron chi connectivity index (χ2n) is 5.13. The van der Waals surface area contributed by atoms with E-state index in [0.717, 1.165) is 11.1 Å². The zero-order valence-electron chi connectivity index (χ0n) is 12.1. The van der Waals surface area contributed by atoms with Crippen molar-refractivity contribution < 1.29 is 9.13 Å². The molecule has 0 unspecified atom stereocenters. The fourth-order valence-electron chi connectivity index (χ4n) is 2.24. The number of benzene rings is 2. The Morgan fingerprint density at radius 3 is 2.40 bits per heavy atom. The fraction of sp³-hybridized carbons (Fsp3) is 0.294. The third kappa shape index (κ3) is 3.17. The molecule has 2 nitrogen and oxygen atoms in total. The number of hydrogen-bond donors (Lipinski definition) is 1. The van der Waals surface area contributed by atoms with Crippen molar-refractivity contribution in [2.24, 2.45) is 5.73 Å². The molecular weight excluding hydrogens is 253 g/mol. The highest BCUT2D eigenvalue weighted by atomic mass is 19.1. The van der Waals surface area contributed by atoms with E-state index in [0.29, 0.717) is 12.4 Å². The second-order valence-corrected chi connectivity index (χ2v) is 5.13. The number of hydrogen-bond acceptors (Lipinski definition) is 2. The SMILES string of the molecule is Cc1cccc(C)c1COc1cc(F)ccc1[C@@H](C)N. The maximum atomic E-state index is 13.4. The molecule has 0 fully saturated rings. The van der Waals surface area contributed by atoms with E-state index in [1.54, 1.807) is 6.07 Å². The largest absolute Gasteiger partial charge is 0.488 e. The Balaban J connectivity index is 2.25. The molecular formula is C17H20FNO. The molecule has 2 rings (SSSR count). The molecule has 0 aromatic heterocycles. The van der Waals surface area contributed by atoms with Crippen molar-refractivity contribution in [3.05, 3.63) is 64.5 Å². The van der Waals surface area contributed by atoms with Crippen molar-refractivity contribution in [2.75, 3.05) is 0 Å². The van der Waals surface area contributed by atoms with Gasteiger partial charge in [0.2, 0.25) is 0 Å². The summed E-state index contributed by atoms with van der Waals surface area (Å²) in [5.74, 6) is 0.202. The predicted octanol–water partition coefficient (Wildman–Crippen LogP) is 4.04. The molecule has 0 bridgehead atoms. The highest BCUT2D eigenvalue weighted by Gasteiger charge is 2.11. The summed E-state index contributed by atoms with van der Waals surface area (Å²) in [5.41, 5.74) is 10.2. The molecule has 0 saturated carbocycles. The average molecular weight is 273 g/mol. The van der Waals surface area contributed by atoms with E-state index in [1.807, 2.05) is 39.0 Å². The standard InChI is InChI=1S/C17H20FNO/c1-11-5-4-6-12(2)16(11)10-20-17-9-14(18)7-8-15(17)13(3)19/h4-9,13H,10,19H2,1-3H3/t13-/m1/s1. The van der Waals surface area contributed by atoms with Crippen LogP contribution >= 0.6 is 0 Å². The Morgan fingerprint density at radius 2 is 1.80 bits per heavy atom. The average Bonchev–Trinajstić information content (AvgIpc) is 2.37. The first kappa shape index (κ1) is 14.5. The topological polar surface area (TPSA) is 35.2 Å². The number of ether oxygens (including phenoxy) is 1. The molecule has 106 valence electrons. The molecule has 0 saturated heterocycles. The maximum Gasteiger partial charge on any atom is 0.127 e. The first-order chi connectivity index (χ1) is 9.49. The van der Waals surface area contributed by atoms with Crippen LogP contribution in [-0.2, 0) is 6.61 Å². The molecule has 2 aromatic rings. The summed E-state index contributed by atoms with van der Waals surface area (Å²) in [6, 6.07) is 10.4. The lowest BCUT2D eigenvalue weighted by Gasteiger charge is -2.16. The molecule has 3 heteroatoms. The molecule has 0 radical (unpaired) electrons. The molecule has 0 aliphatic carbocycles. The van der Waals surface area contributed by atoms with Gasteiger partial charge in [-0.3, -0.25) is 0 Å². The quantitative estimate of drug-likeness (QED) is 0.912. The van der Waals surface area contributed by atoms with Crippen LogP contribution in [0.2, 0.25) is 0 Å². The van der Waals surface area contributed by atoms with E-state index >= 15 is 0 Å². The third-order valence-corrected chi connectivity index (χ3v) is 3.48. The van der Waals surface area contributed by atoms with Gasteiger partial charge in [-0.25, -0.2) is 4.39 Å². The first-order valence-electron chi connectivity index (χ1n) is 6.72. The van der Waals surface area contributed by atoms with E-state index in [9.17, 15) is 4.39 Å². The smallest absolute Gasteiger partial charge is 0.127 e. The molecule has 2 N–H and O–H groups in total. The summed E-state index contributed by atoms with van der Waals surface area (Å²) >= 11 is 0. The highest BCUT2D eigenvalue weighted by molar-refractivity contribution is 5.38. The van der Waals surface area contributed by atoms with Gasteiger partial charge in [0, 0.05) is 17.7 Å². The highest BCUT2D eigenvalue weighted by Crippen LogP contribution is 2.26. The second kappa shape index (κ2) is 6.06. The van der Waals surface area contributed by atoms with E-state index in [2.05, 4.69) is 0 Å². The number of nitrogens with two attached hydrogens (primary N) is 1. The van der Waals surface area contributed by atoms with Gasteiger partial charge in [-0.15, -0.1) is 0 Å². The van der Waals surface area contributed by atoms with Gasteiger partial charge in [0.25, 0.3) is 0 Å². The van der Waals surface area contributed by atoms with Gasteiger partial charge in [0.15, 0.2) is 0 Å². The number of rotatable bonds is 4. The summed E-state index contributed by atoms with van der Waals surface area (Å²) in [4.78, 5) is 0. The lowest BCUT2D eigenvalue weighted by molar-refractivity contribution is 0.298. The molecule has 0 aliphatic heterocycles. The Hall–Kier alpha value is -1.87. The van der Waals surface area contributed by atoms with Crippen LogP contribution in [-0.4, -0.2) is 0 Å². The monoisotopic (exact) mass is 273 g/mol. The van der Waals surface area contributed by atoms with E-state index < -0.39 is 0 Å². The van der Waals surface area contributed by atoms with E-state index in [-0.39, 0.29) is 11.9 Å². The zero-order valence-corrected chi connectivity index (χ0v) is 12.1. The van der Waals surface area contributed by atoms with E-state index in [4.69, 9.17) is 10.5 Å². The zero-order chi connectivity index (χ0) is 14.7. The van der Waals surface area contributed by atoms with Gasteiger partial charge in [-0.1, -0.05) is 24.3 Å². The van der Waals surface area contributed by atoms with Crippen LogP contribution in [0.4, 0.5) is 4.39 Å². The van der Waals surface area contributed by atoms with Gasteiger partial charge in [0.05, 0.1) is 0 Å². The van der Waals surface area contributed by atoms with Gasteiger partial charge in [-0.05, 0) is 43.5 Å². The summed E-state index contributed by atoms with van der Waals surface area (Å²) in [6.07, 6.45) is 0. The Labute approximate surface area is 119 Å². The van der Waals surface area contributed by atoms with Gasteiger partial charge < -0.3 is 10.5 Å². The number of aryl methyl sites for hydroxylation is 2. The first-order valence-corrected chi connectivity index (χ1v) is 6.72. The van der Waals surface area contributed by atoms with Crippen LogP contribution in [0, 0.1) is 19.7 Å². The van der Waals surface area contributed by atoms with Crippen LogP contribution in [0.25, 0.3) is 0 Å². The molecule has 2 aromatic carbocycles. The maximum absolute atomic E-state index is 13.4. The van der Waals surface area contributed by atoms with Crippen molar-refractivity contribution in [3.63, 3.8) is 0 Å². The molecule has 0 aliphatic rings. The van der Waals surface area contributed by atoms with E-state index in [1.165, 1.54) is 23.3 Å². The van der Waals surface area contributed by atoms with Crippen molar-refractivity contribution in [2.45, 2.75) is 33.4 Å². The predicted molar refractivity (Wildman–Crippen MR) is 79.3 cm³/mol. The minimum absolute atomic E-state index is 0.191. The van der Waals surface area contributed by atoms with Gasteiger partial charge in [0.1, 0.15) is 18.2 Å². The normalized spacial score (nSPS) is 12.2. The lowest BCUT2D eigenvalue weighted by Crippen LogP contribution is -2.09. The fourth-order valence-corrected chi connectivity index (χ4v) is 2.24. The molecule has 0 heterocycles. The summed E-state index contributed by atoms with van der Waals surface area (Å²) in [6.45, 7) is 6.37. The molecule has 0 spiro atoms. The third-order valence-electron chi connectivity index (χ3n) is 3.48. The Kier molecular flexibility index (Phi) is 4.40. The van der Waals surface area contributed by atoms with Gasteiger partial charge in [-0.2, -0.15) is 0 Å². The van der Waals surface area contributed by atoms with Crippen molar-refractivity contribution in [1.29, 1.82) is 0 Å². The van der Waals surface area contributed by atoms with Crippen molar-refractivity contribution >= 4 is 0 Å². The van der Waals surface area contributed by atoms with Crippen molar-refractivity contribution in [3.8, 4) is 5.75 Å². The summed E-state index contributed by atoms with van der Waals surface area (Å²) in [7, 11) is 0. The Bertz CT molecular complexity index is 588. The van der Waals surface area contributed by atoms with Crippen LogP contribution in [0.5, 0.6) is 5.75 Å². The van der Waals surface area contributed by atoms with Crippen LogP contribution in [0.3, 0.4) is 0 Å². The number of halogens is 1. The summed E-state index contributed by atoms with van der Waals surface area (Å²) in [5, 5.41) is 0. The minimum Gasteiger partial charge on any atom is -0.488 e. The Morgan fingerprint density at radius 1 is 1.15 bits per heavy atom. The molecule has 20 heavy (non-hydrogen) atoms. The minimum atomic E-state index is -0.314. The summed E-state index contributed by atoms with van der Waals surface area (Å²) < 4.78 is 19.2. The molecule has 0 amide bonds. The van der Waals surface area contributed by atoms with Crippen LogP contribution in [0.15, 0.2) is 36.4 Å². The van der Waals surface area contributed by atoms with Crippen molar-refractivity contribution in [1.82, 2.24) is 0 Å². The van der Waals surface area contributed by atoms with Crippen LogP contribution < -0.4 is 10.5 Å². The molecule has 1 atom stereocenters. The van der Waals surface area contributed by atoms with Crippen LogP contribution in [0.1, 0.15) is 35.2 Å².